The van der Waals surface area contributed by atoms with Crippen molar-refractivity contribution >= 4 is 43.5 Å². The molecule has 11 aromatic rings. The standard InChI is InChI=1S/C53H33N3O/c1-3-15-35(16-4-1)51-54-52(36-17-5-2-6-18-36)56-53(55-51)41-23-12-22-39(31-41)37-20-11-21-38(30-37)40-28-29-45-48-33-47(43-27-13-19-34-14-7-8-24-42(34)43)44-25-9-10-26-46(44)50(48)57-49(45)32-40/h1-33H. The summed E-state index contributed by atoms with van der Waals surface area (Å²) in [4.78, 5) is 14.8. The molecule has 0 N–H and O–H groups in total. The lowest BCUT2D eigenvalue weighted by Gasteiger charge is -2.11. The molecule has 0 aliphatic carbocycles. The van der Waals surface area contributed by atoms with Crippen LogP contribution in [-0.4, -0.2) is 15.0 Å². The van der Waals surface area contributed by atoms with Gasteiger partial charge >= 0.3 is 0 Å². The largest absolute Gasteiger partial charge is 0.455 e. The van der Waals surface area contributed by atoms with Gasteiger partial charge in [-0.15, -0.1) is 0 Å². The van der Waals surface area contributed by atoms with Gasteiger partial charge in [-0.3, -0.25) is 0 Å². The van der Waals surface area contributed by atoms with Crippen molar-refractivity contribution in [3.05, 3.63) is 200 Å². The maximum Gasteiger partial charge on any atom is 0.164 e. The van der Waals surface area contributed by atoms with Crippen LogP contribution in [0, 0.1) is 0 Å². The van der Waals surface area contributed by atoms with Crippen LogP contribution >= 0.6 is 0 Å². The number of furan rings is 1. The van der Waals surface area contributed by atoms with Gasteiger partial charge in [0, 0.05) is 32.8 Å². The van der Waals surface area contributed by atoms with Crippen LogP contribution in [0.5, 0.6) is 0 Å². The highest BCUT2D eigenvalue weighted by Crippen LogP contribution is 2.42. The molecule has 11 rings (SSSR count). The number of aromatic nitrogens is 3. The van der Waals surface area contributed by atoms with Crippen molar-refractivity contribution in [2.45, 2.75) is 0 Å². The van der Waals surface area contributed by atoms with E-state index in [1.807, 2.05) is 60.7 Å². The third kappa shape index (κ3) is 5.83. The van der Waals surface area contributed by atoms with Crippen molar-refractivity contribution in [2.24, 2.45) is 0 Å². The third-order valence-corrected chi connectivity index (χ3v) is 10.9. The first-order chi connectivity index (χ1) is 28.2. The fourth-order valence-corrected chi connectivity index (χ4v) is 8.11. The molecule has 9 aromatic carbocycles. The lowest BCUT2D eigenvalue weighted by atomic mass is 9.92. The zero-order valence-electron chi connectivity index (χ0n) is 30.8. The molecule has 4 nitrogen and oxygen atoms in total. The summed E-state index contributed by atoms with van der Waals surface area (Å²) in [7, 11) is 0. The van der Waals surface area contributed by atoms with Crippen LogP contribution in [0.1, 0.15) is 0 Å². The Morgan fingerprint density at radius 3 is 1.46 bits per heavy atom. The highest BCUT2D eigenvalue weighted by molar-refractivity contribution is 6.20. The maximum absolute atomic E-state index is 6.75. The molecule has 0 amide bonds. The molecule has 2 heterocycles. The molecule has 0 fully saturated rings. The second kappa shape index (κ2) is 13.6. The van der Waals surface area contributed by atoms with E-state index in [-0.39, 0.29) is 0 Å². The van der Waals surface area contributed by atoms with E-state index in [9.17, 15) is 0 Å². The average molecular weight is 728 g/mol. The summed E-state index contributed by atoms with van der Waals surface area (Å²) in [5, 5.41) is 6.99. The monoisotopic (exact) mass is 727 g/mol. The predicted octanol–water partition coefficient (Wildman–Crippen LogP) is 14.1. The van der Waals surface area contributed by atoms with Gasteiger partial charge in [0.25, 0.3) is 0 Å². The quantitative estimate of drug-likeness (QED) is 0.171. The molecule has 0 atom stereocenters. The van der Waals surface area contributed by atoms with Crippen LogP contribution in [0.4, 0.5) is 0 Å². The fourth-order valence-electron chi connectivity index (χ4n) is 8.11. The van der Waals surface area contributed by atoms with Gasteiger partial charge in [-0.1, -0.05) is 170 Å². The highest BCUT2D eigenvalue weighted by atomic mass is 16.3. The SMILES string of the molecule is c1ccc(-c2nc(-c3ccccc3)nc(-c3cccc(-c4cccc(-c5ccc6c(c5)oc5c7ccccc7c(-c7cccc8ccccc78)cc65)c4)c3)n2)cc1. The van der Waals surface area contributed by atoms with Gasteiger partial charge in [-0.2, -0.15) is 0 Å². The zero-order chi connectivity index (χ0) is 37.7. The minimum Gasteiger partial charge on any atom is -0.455 e. The minimum absolute atomic E-state index is 0.632. The van der Waals surface area contributed by atoms with Crippen LogP contribution in [0.15, 0.2) is 205 Å². The summed E-state index contributed by atoms with van der Waals surface area (Å²) in [5.74, 6) is 1.92. The zero-order valence-corrected chi connectivity index (χ0v) is 30.8. The van der Waals surface area contributed by atoms with E-state index >= 15 is 0 Å². The molecule has 0 aliphatic heterocycles. The van der Waals surface area contributed by atoms with Crippen molar-refractivity contribution in [1.29, 1.82) is 0 Å². The van der Waals surface area contributed by atoms with E-state index in [0.29, 0.717) is 17.5 Å². The Bertz CT molecular complexity index is 3230. The summed E-state index contributed by atoms with van der Waals surface area (Å²) in [6.07, 6.45) is 0. The average Bonchev–Trinajstić information content (AvgIpc) is 3.67. The Hall–Kier alpha value is -7.69. The molecule has 0 saturated heterocycles. The molecule has 266 valence electrons. The van der Waals surface area contributed by atoms with E-state index in [0.717, 1.165) is 66.3 Å². The number of rotatable bonds is 6. The Balaban J connectivity index is 0.987. The molecule has 0 spiro atoms. The summed E-state index contributed by atoms with van der Waals surface area (Å²) >= 11 is 0. The van der Waals surface area contributed by atoms with Crippen LogP contribution in [0.2, 0.25) is 0 Å². The minimum atomic E-state index is 0.632. The fraction of sp³-hybridized carbons (Fsp3) is 0. The lowest BCUT2D eigenvalue weighted by molar-refractivity contribution is 0.673. The third-order valence-electron chi connectivity index (χ3n) is 10.9. The van der Waals surface area contributed by atoms with E-state index in [4.69, 9.17) is 19.4 Å². The second-order valence-corrected chi connectivity index (χ2v) is 14.4. The molecule has 4 heteroatoms. The number of hydrogen-bond donors (Lipinski definition) is 0. The van der Waals surface area contributed by atoms with Crippen LogP contribution < -0.4 is 0 Å². The maximum atomic E-state index is 6.75. The Kier molecular flexibility index (Phi) is 7.78. The molecular weight excluding hydrogens is 695 g/mol. The number of hydrogen-bond acceptors (Lipinski definition) is 4. The van der Waals surface area contributed by atoms with Crippen molar-refractivity contribution in [3.8, 4) is 67.5 Å². The first-order valence-electron chi connectivity index (χ1n) is 19.2. The van der Waals surface area contributed by atoms with Crippen molar-refractivity contribution in [3.63, 3.8) is 0 Å². The van der Waals surface area contributed by atoms with Gasteiger partial charge in [0.05, 0.1) is 0 Å². The van der Waals surface area contributed by atoms with Gasteiger partial charge in [0.15, 0.2) is 17.5 Å². The van der Waals surface area contributed by atoms with E-state index in [2.05, 4.69) is 140 Å². The van der Waals surface area contributed by atoms with Gasteiger partial charge in [0.1, 0.15) is 11.2 Å². The molecule has 0 aliphatic rings. The lowest BCUT2D eigenvalue weighted by Crippen LogP contribution is -2.00. The Morgan fingerprint density at radius 1 is 0.281 bits per heavy atom. The molecule has 2 aromatic heterocycles. The molecule has 0 saturated carbocycles. The number of fused-ring (bicyclic) bond motifs is 6. The summed E-state index contributed by atoms with van der Waals surface area (Å²) in [6.45, 7) is 0. The summed E-state index contributed by atoms with van der Waals surface area (Å²) in [6, 6.07) is 69.9. The van der Waals surface area contributed by atoms with Crippen LogP contribution in [0.25, 0.3) is 111 Å². The van der Waals surface area contributed by atoms with E-state index < -0.39 is 0 Å². The first kappa shape index (κ1) is 32.7. The van der Waals surface area contributed by atoms with Gasteiger partial charge in [0.2, 0.25) is 0 Å². The highest BCUT2D eigenvalue weighted by Gasteiger charge is 2.17. The molecule has 57 heavy (non-hydrogen) atoms. The summed E-state index contributed by atoms with van der Waals surface area (Å²) < 4.78 is 6.75. The predicted molar refractivity (Wildman–Crippen MR) is 235 cm³/mol. The first-order valence-corrected chi connectivity index (χ1v) is 19.2. The van der Waals surface area contributed by atoms with Crippen LogP contribution in [0.3, 0.4) is 0 Å². The normalized spacial score (nSPS) is 11.5. The smallest absolute Gasteiger partial charge is 0.164 e. The summed E-state index contributed by atoms with van der Waals surface area (Å²) in [5.41, 5.74) is 11.4. The van der Waals surface area contributed by atoms with Crippen molar-refractivity contribution in [2.75, 3.05) is 0 Å². The van der Waals surface area contributed by atoms with Crippen molar-refractivity contribution < 1.29 is 4.42 Å². The van der Waals surface area contributed by atoms with Gasteiger partial charge < -0.3 is 4.42 Å². The topological polar surface area (TPSA) is 51.8 Å². The second-order valence-electron chi connectivity index (χ2n) is 14.4. The van der Waals surface area contributed by atoms with E-state index in [1.54, 1.807) is 0 Å². The molecule has 0 unspecified atom stereocenters. The van der Waals surface area contributed by atoms with Crippen molar-refractivity contribution in [1.82, 2.24) is 15.0 Å². The molecule has 0 radical (unpaired) electrons. The van der Waals surface area contributed by atoms with Gasteiger partial charge in [-0.25, -0.2) is 15.0 Å². The number of nitrogens with zero attached hydrogens (tertiary/aromatic N) is 3. The Labute approximate surface area is 329 Å². The molecular formula is C53H33N3O. The number of benzene rings is 9. The van der Waals surface area contributed by atoms with Gasteiger partial charge in [-0.05, 0) is 79.9 Å². The van der Waals surface area contributed by atoms with E-state index in [1.165, 1.54) is 27.3 Å². The Morgan fingerprint density at radius 2 is 0.772 bits per heavy atom. The molecule has 0 bridgehead atoms. The van der Waals surface area contributed by atoms with Crippen LogP contribution in [-0.2, 0) is 0 Å².